The van der Waals surface area contributed by atoms with Crippen LogP contribution in [0, 0.1) is 0 Å². The molecular weight excluding hydrogens is 204 g/mol. The van der Waals surface area contributed by atoms with E-state index in [1.807, 2.05) is 0 Å². The van der Waals surface area contributed by atoms with Gasteiger partial charge in [0, 0.05) is 0 Å². The number of alkyl halides is 4. The van der Waals surface area contributed by atoms with Crippen LogP contribution in [0.25, 0.3) is 0 Å². The Balaban J connectivity index is 3.85. The van der Waals surface area contributed by atoms with Gasteiger partial charge < -0.3 is 4.74 Å². The van der Waals surface area contributed by atoms with E-state index in [2.05, 4.69) is 11.3 Å². The second-order valence-corrected chi connectivity index (χ2v) is 2.76. The Labute approximate surface area is 78.5 Å². The van der Waals surface area contributed by atoms with Crippen molar-refractivity contribution in [3.63, 3.8) is 0 Å². The Hall–Kier alpha value is -0.910. The fourth-order valence-electron chi connectivity index (χ4n) is 0.466. The van der Waals surface area contributed by atoms with Crippen LogP contribution < -0.4 is 0 Å². The zero-order valence-corrected chi connectivity index (χ0v) is 7.53. The lowest BCUT2D eigenvalue weighted by atomic mass is 10.2. The first-order valence-corrected chi connectivity index (χ1v) is 3.70. The molecule has 0 aliphatic heterocycles. The van der Waals surface area contributed by atoms with Crippen LogP contribution in [0.15, 0.2) is 12.2 Å². The van der Waals surface area contributed by atoms with E-state index in [0.717, 1.165) is 0 Å². The van der Waals surface area contributed by atoms with Crippen molar-refractivity contribution in [2.24, 2.45) is 0 Å². The Morgan fingerprint density at radius 2 is 2.00 bits per heavy atom. The highest BCUT2D eigenvalue weighted by Gasteiger charge is 2.41. The van der Waals surface area contributed by atoms with Gasteiger partial charge in [-0.1, -0.05) is 6.58 Å². The average molecular weight is 214 g/mol. The van der Waals surface area contributed by atoms with Crippen LogP contribution in [-0.2, 0) is 9.53 Å². The molecular formula is C8H10F4O2. The van der Waals surface area contributed by atoms with Crippen LogP contribution in [0.4, 0.5) is 17.6 Å². The molecule has 6 heteroatoms. The largest absolute Gasteiger partial charge is 0.367 e. The number of halogens is 4. The van der Waals surface area contributed by atoms with E-state index in [-0.39, 0.29) is 5.57 Å². The highest BCUT2D eigenvalue weighted by molar-refractivity contribution is 5.95. The lowest BCUT2D eigenvalue weighted by Gasteiger charge is -2.14. The van der Waals surface area contributed by atoms with Gasteiger partial charge in [0.2, 0.25) is 0 Å². The van der Waals surface area contributed by atoms with E-state index in [4.69, 9.17) is 0 Å². The van der Waals surface area contributed by atoms with Gasteiger partial charge in [-0.15, -0.1) is 0 Å². The van der Waals surface area contributed by atoms with Crippen LogP contribution in [0.5, 0.6) is 0 Å². The molecule has 0 atom stereocenters. The maximum atomic E-state index is 12.2. The van der Waals surface area contributed by atoms with Gasteiger partial charge in [-0.2, -0.15) is 8.78 Å². The first-order chi connectivity index (χ1) is 6.27. The molecule has 0 amide bonds. The van der Waals surface area contributed by atoms with Crippen molar-refractivity contribution in [3.8, 4) is 0 Å². The number of hydrogen-bond acceptors (Lipinski definition) is 2. The molecule has 0 spiro atoms. The van der Waals surface area contributed by atoms with Crippen LogP contribution >= 0.6 is 0 Å². The first-order valence-electron chi connectivity index (χ1n) is 3.70. The van der Waals surface area contributed by atoms with Crippen molar-refractivity contribution in [1.29, 1.82) is 0 Å². The first kappa shape index (κ1) is 13.1. The molecule has 0 rings (SSSR count). The molecule has 0 radical (unpaired) electrons. The number of carbonyl (C=O) groups is 1. The van der Waals surface area contributed by atoms with Crippen LogP contribution in [-0.4, -0.2) is 31.3 Å². The summed E-state index contributed by atoms with van der Waals surface area (Å²) < 4.78 is 51.6. The molecule has 0 saturated carbocycles. The maximum absolute atomic E-state index is 12.2. The minimum Gasteiger partial charge on any atom is -0.367 e. The molecule has 0 bridgehead atoms. The van der Waals surface area contributed by atoms with Gasteiger partial charge >= 0.3 is 12.3 Å². The molecule has 0 aromatic carbocycles. The lowest BCUT2D eigenvalue weighted by Crippen LogP contribution is -2.33. The van der Waals surface area contributed by atoms with Crippen LogP contribution in [0.1, 0.15) is 6.92 Å². The van der Waals surface area contributed by atoms with E-state index in [9.17, 15) is 22.4 Å². The predicted octanol–water partition coefficient (Wildman–Crippen LogP) is 2.05. The van der Waals surface area contributed by atoms with Crippen molar-refractivity contribution >= 4 is 5.78 Å². The Morgan fingerprint density at radius 1 is 1.50 bits per heavy atom. The van der Waals surface area contributed by atoms with Crippen molar-refractivity contribution < 1.29 is 27.1 Å². The molecule has 0 N–H and O–H groups in total. The van der Waals surface area contributed by atoms with Crippen molar-refractivity contribution in [1.82, 2.24) is 0 Å². The van der Waals surface area contributed by atoms with E-state index >= 15 is 0 Å². The summed E-state index contributed by atoms with van der Waals surface area (Å²) in [5, 5.41) is 0. The number of carbonyl (C=O) groups excluding carboxylic acids is 1. The van der Waals surface area contributed by atoms with Gasteiger partial charge in [0.1, 0.15) is 13.2 Å². The SMILES string of the molecule is C=C(C)C(=O)COCC(F)(F)C(F)F. The highest BCUT2D eigenvalue weighted by atomic mass is 19.3. The molecule has 0 unspecified atom stereocenters. The predicted molar refractivity (Wildman–Crippen MR) is 41.6 cm³/mol. The molecule has 2 nitrogen and oxygen atoms in total. The molecule has 0 aromatic rings. The summed E-state index contributed by atoms with van der Waals surface area (Å²) >= 11 is 0. The van der Waals surface area contributed by atoms with Crippen molar-refractivity contribution in [2.75, 3.05) is 13.2 Å². The number of Topliss-reactive ketones (excluding diaryl/α,β-unsaturated/α-hetero) is 1. The fourth-order valence-corrected chi connectivity index (χ4v) is 0.466. The van der Waals surface area contributed by atoms with E-state index in [0.29, 0.717) is 0 Å². The monoisotopic (exact) mass is 214 g/mol. The Kier molecular flexibility index (Phi) is 4.76. The normalized spacial score (nSPS) is 11.9. The topological polar surface area (TPSA) is 26.3 Å². The second-order valence-electron chi connectivity index (χ2n) is 2.76. The third kappa shape index (κ3) is 4.36. The van der Waals surface area contributed by atoms with Gasteiger partial charge in [0.15, 0.2) is 5.78 Å². The van der Waals surface area contributed by atoms with Crippen molar-refractivity contribution in [2.45, 2.75) is 19.3 Å². The summed E-state index contributed by atoms with van der Waals surface area (Å²) in [6, 6.07) is 0. The minimum atomic E-state index is -4.21. The zero-order chi connectivity index (χ0) is 11.4. The summed E-state index contributed by atoms with van der Waals surface area (Å²) in [6.07, 6.45) is -3.79. The van der Waals surface area contributed by atoms with Crippen molar-refractivity contribution in [3.05, 3.63) is 12.2 Å². The number of ether oxygens (including phenoxy) is 1. The summed E-state index contributed by atoms with van der Waals surface area (Å²) in [5.41, 5.74) is 0.130. The van der Waals surface area contributed by atoms with Gasteiger partial charge in [-0.25, -0.2) is 8.78 Å². The van der Waals surface area contributed by atoms with E-state index < -0.39 is 31.3 Å². The average Bonchev–Trinajstić information content (AvgIpc) is 2.03. The summed E-state index contributed by atoms with van der Waals surface area (Å²) in [7, 11) is 0. The maximum Gasteiger partial charge on any atom is 0.330 e. The molecule has 0 aliphatic carbocycles. The quantitative estimate of drug-likeness (QED) is 0.499. The highest BCUT2D eigenvalue weighted by Crippen LogP contribution is 2.22. The van der Waals surface area contributed by atoms with Gasteiger partial charge in [-0.05, 0) is 12.5 Å². The molecule has 0 heterocycles. The fraction of sp³-hybridized carbons (Fsp3) is 0.625. The number of ketones is 1. The summed E-state index contributed by atoms with van der Waals surface area (Å²) in [4.78, 5) is 10.7. The van der Waals surface area contributed by atoms with Gasteiger partial charge in [0.05, 0.1) is 0 Å². The van der Waals surface area contributed by atoms with Crippen LogP contribution in [0.3, 0.4) is 0 Å². The molecule has 0 saturated heterocycles. The summed E-state index contributed by atoms with van der Waals surface area (Å²) in [6.45, 7) is 2.49. The van der Waals surface area contributed by atoms with E-state index in [1.165, 1.54) is 6.92 Å². The standard InChI is InChI=1S/C8H10F4O2/c1-5(2)6(13)3-14-4-8(11,12)7(9)10/h7H,1,3-4H2,2H3. The molecule has 0 fully saturated rings. The van der Waals surface area contributed by atoms with Gasteiger partial charge in [0.25, 0.3) is 0 Å². The van der Waals surface area contributed by atoms with Gasteiger partial charge in [-0.3, -0.25) is 4.79 Å². The lowest BCUT2D eigenvalue weighted by molar-refractivity contribution is -0.167. The number of hydrogen-bond donors (Lipinski definition) is 0. The van der Waals surface area contributed by atoms with E-state index in [1.54, 1.807) is 0 Å². The molecule has 0 aliphatic rings. The minimum absolute atomic E-state index is 0.130. The third-order valence-corrected chi connectivity index (χ3v) is 1.32. The zero-order valence-electron chi connectivity index (χ0n) is 7.53. The smallest absolute Gasteiger partial charge is 0.330 e. The Bertz CT molecular complexity index is 225. The molecule has 82 valence electrons. The third-order valence-electron chi connectivity index (χ3n) is 1.32. The summed E-state index contributed by atoms with van der Waals surface area (Å²) in [5.74, 6) is -4.80. The molecule has 0 aromatic heterocycles. The van der Waals surface area contributed by atoms with Crippen LogP contribution in [0.2, 0.25) is 0 Å². The number of rotatable bonds is 6. The Morgan fingerprint density at radius 3 is 2.36 bits per heavy atom. The molecule has 14 heavy (non-hydrogen) atoms. The second kappa shape index (κ2) is 5.09.